The van der Waals surface area contributed by atoms with Crippen molar-refractivity contribution in [3.05, 3.63) is 30.4 Å². The summed E-state index contributed by atoms with van der Waals surface area (Å²) in [4.78, 5) is 9.39. The molecule has 2 aromatic rings. The predicted octanol–water partition coefficient (Wildman–Crippen LogP) is 0.706. The lowest BCUT2D eigenvalue weighted by Crippen LogP contribution is -2.45. The molecule has 1 aliphatic heterocycles. The molecule has 0 aliphatic carbocycles. The van der Waals surface area contributed by atoms with Gasteiger partial charge in [0.05, 0.1) is 11.7 Å². The SMILES string of the molecule is CN1CCN(CCc2ncc3ccc(N)cn23)CC1. The molecule has 0 amide bonds. The van der Waals surface area contributed by atoms with Crippen LogP contribution >= 0.6 is 0 Å². The number of hydrogen-bond donors (Lipinski definition) is 1. The first-order valence-corrected chi connectivity index (χ1v) is 6.85. The Labute approximate surface area is 113 Å². The van der Waals surface area contributed by atoms with Gasteiger partial charge in [0.2, 0.25) is 0 Å². The molecule has 0 bridgehead atoms. The van der Waals surface area contributed by atoms with Gasteiger partial charge in [-0.25, -0.2) is 4.98 Å². The van der Waals surface area contributed by atoms with Crippen LogP contribution in [0.2, 0.25) is 0 Å². The van der Waals surface area contributed by atoms with E-state index < -0.39 is 0 Å². The molecule has 3 rings (SSSR count). The summed E-state index contributed by atoms with van der Waals surface area (Å²) in [7, 11) is 2.18. The van der Waals surface area contributed by atoms with E-state index >= 15 is 0 Å². The Morgan fingerprint density at radius 1 is 1.21 bits per heavy atom. The van der Waals surface area contributed by atoms with Gasteiger partial charge in [0.25, 0.3) is 0 Å². The number of rotatable bonds is 3. The van der Waals surface area contributed by atoms with Gasteiger partial charge in [-0.3, -0.25) is 0 Å². The van der Waals surface area contributed by atoms with E-state index in [-0.39, 0.29) is 0 Å². The first-order valence-electron chi connectivity index (χ1n) is 6.85. The van der Waals surface area contributed by atoms with E-state index in [4.69, 9.17) is 5.73 Å². The molecule has 0 saturated carbocycles. The summed E-state index contributed by atoms with van der Waals surface area (Å²) in [6, 6.07) is 3.93. The van der Waals surface area contributed by atoms with Gasteiger partial charge in [0.1, 0.15) is 5.82 Å². The number of nitrogens with zero attached hydrogens (tertiary/aromatic N) is 4. The van der Waals surface area contributed by atoms with Gasteiger partial charge in [0, 0.05) is 51.0 Å². The van der Waals surface area contributed by atoms with Gasteiger partial charge < -0.3 is 19.9 Å². The highest BCUT2D eigenvalue weighted by molar-refractivity contribution is 5.52. The predicted molar refractivity (Wildman–Crippen MR) is 77.2 cm³/mol. The van der Waals surface area contributed by atoms with Gasteiger partial charge in [0.15, 0.2) is 0 Å². The molecule has 1 fully saturated rings. The number of fused-ring (bicyclic) bond motifs is 1. The number of aromatic nitrogens is 2. The van der Waals surface area contributed by atoms with Crippen molar-refractivity contribution in [1.29, 1.82) is 0 Å². The summed E-state index contributed by atoms with van der Waals surface area (Å²) >= 11 is 0. The highest BCUT2D eigenvalue weighted by atomic mass is 15.2. The molecule has 0 unspecified atom stereocenters. The number of anilines is 1. The molecule has 1 saturated heterocycles. The second-order valence-corrected chi connectivity index (χ2v) is 5.33. The van der Waals surface area contributed by atoms with E-state index in [1.807, 2.05) is 24.5 Å². The summed E-state index contributed by atoms with van der Waals surface area (Å²) in [5.74, 6) is 1.10. The van der Waals surface area contributed by atoms with Gasteiger partial charge in [-0.05, 0) is 19.2 Å². The summed E-state index contributed by atoms with van der Waals surface area (Å²) in [6.45, 7) is 5.70. The van der Waals surface area contributed by atoms with Crippen LogP contribution in [0.3, 0.4) is 0 Å². The summed E-state index contributed by atoms with van der Waals surface area (Å²) in [6.07, 6.45) is 4.85. The highest BCUT2D eigenvalue weighted by Crippen LogP contribution is 2.11. The molecule has 5 heteroatoms. The average molecular weight is 259 g/mol. The minimum atomic E-state index is 0.784. The van der Waals surface area contributed by atoms with Crippen molar-refractivity contribution < 1.29 is 0 Å². The number of likely N-dealkylation sites (N-methyl/N-ethyl adjacent to an activating group) is 1. The molecule has 19 heavy (non-hydrogen) atoms. The van der Waals surface area contributed by atoms with Crippen molar-refractivity contribution in [2.45, 2.75) is 6.42 Å². The van der Waals surface area contributed by atoms with Gasteiger partial charge in [-0.2, -0.15) is 0 Å². The molecule has 0 radical (unpaired) electrons. The lowest BCUT2D eigenvalue weighted by atomic mass is 10.3. The Morgan fingerprint density at radius 3 is 2.79 bits per heavy atom. The second kappa shape index (κ2) is 5.19. The molecule has 0 atom stereocenters. The third-order valence-corrected chi connectivity index (χ3v) is 3.87. The van der Waals surface area contributed by atoms with E-state index in [2.05, 4.69) is 26.2 Å². The standard InChI is InChI=1S/C14H21N5/c1-17-6-8-18(9-7-17)5-4-14-16-10-13-3-2-12(15)11-19(13)14/h2-3,10-11H,4-9,15H2,1H3. The van der Waals surface area contributed by atoms with Crippen LogP contribution in [0.15, 0.2) is 24.5 Å². The van der Waals surface area contributed by atoms with Gasteiger partial charge in [-0.15, -0.1) is 0 Å². The average Bonchev–Trinajstić information content (AvgIpc) is 2.80. The van der Waals surface area contributed by atoms with E-state index in [0.717, 1.165) is 56.2 Å². The Kier molecular flexibility index (Phi) is 3.40. The van der Waals surface area contributed by atoms with E-state index in [1.54, 1.807) is 0 Å². The third-order valence-electron chi connectivity index (χ3n) is 3.87. The van der Waals surface area contributed by atoms with Crippen LogP contribution in [-0.2, 0) is 6.42 Å². The van der Waals surface area contributed by atoms with Crippen molar-refractivity contribution in [3.8, 4) is 0 Å². The van der Waals surface area contributed by atoms with Crippen molar-refractivity contribution in [2.75, 3.05) is 45.5 Å². The number of piperazine rings is 1. The van der Waals surface area contributed by atoms with Gasteiger partial charge in [-0.1, -0.05) is 0 Å². The molecule has 2 aromatic heterocycles. The summed E-state index contributed by atoms with van der Waals surface area (Å²) < 4.78 is 2.10. The van der Waals surface area contributed by atoms with Crippen LogP contribution in [0.1, 0.15) is 5.82 Å². The first kappa shape index (κ1) is 12.4. The largest absolute Gasteiger partial charge is 0.398 e. The monoisotopic (exact) mass is 259 g/mol. The zero-order valence-electron chi connectivity index (χ0n) is 11.4. The molecule has 5 nitrogen and oxygen atoms in total. The molecule has 2 N–H and O–H groups in total. The van der Waals surface area contributed by atoms with E-state index in [9.17, 15) is 0 Å². The molecule has 1 aliphatic rings. The number of imidazole rings is 1. The fourth-order valence-corrected chi connectivity index (χ4v) is 2.57. The Morgan fingerprint density at radius 2 is 2.00 bits per heavy atom. The number of nitrogen functional groups attached to an aromatic ring is 1. The molecular weight excluding hydrogens is 238 g/mol. The number of pyridine rings is 1. The quantitative estimate of drug-likeness (QED) is 0.882. The maximum absolute atomic E-state index is 5.84. The number of hydrogen-bond acceptors (Lipinski definition) is 4. The smallest absolute Gasteiger partial charge is 0.114 e. The number of nitrogens with two attached hydrogens (primary N) is 1. The summed E-state index contributed by atoms with van der Waals surface area (Å²) in [5.41, 5.74) is 7.74. The van der Waals surface area contributed by atoms with Crippen LogP contribution in [0.5, 0.6) is 0 Å². The van der Waals surface area contributed by atoms with E-state index in [0.29, 0.717) is 0 Å². The second-order valence-electron chi connectivity index (χ2n) is 5.33. The van der Waals surface area contributed by atoms with Crippen LogP contribution in [-0.4, -0.2) is 59.0 Å². The van der Waals surface area contributed by atoms with Crippen molar-refractivity contribution in [2.24, 2.45) is 0 Å². The maximum Gasteiger partial charge on any atom is 0.114 e. The normalized spacial score (nSPS) is 18.2. The molecular formula is C14H21N5. The molecule has 0 spiro atoms. The minimum absolute atomic E-state index is 0.784. The Bertz CT molecular complexity index is 554. The van der Waals surface area contributed by atoms with Crippen molar-refractivity contribution in [3.63, 3.8) is 0 Å². The zero-order valence-corrected chi connectivity index (χ0v) is 11.4. The van der Waals surface area contributed by atoms with Gasteiger partial charge >= 0.3 is 0 Å². The fraction of sp³-hybridized carbons (Fsp3) is 0.500. The highest BCUT2D eigenvalue weighted by Gasteiger charge is 2.14. The van der Waals surface area contributed by atoms with Crippen LogP contribution in [0.4, 0.5) is 5.69 Å². The lowest BCUT2D eigenvalue weighted by Gasteiger charge is -2.32. The van der Waals surface area contributed by atoms with E-state index in [1.165, 1.54) is 0 Å². The summed E-state index contributed by atoms with van der Waals surface area (Å²) in [5, 5.41) is 0. The lowest BCUT2D eigenvalue weighted by molar-refractivity contribution is 0.155. The zero-order chi connectivity index (χ0) is 13.2. The van der Waals surface area contributed by atoms with Crippen molar-refractivity contribution in [1.82, 2.24) is 19.2 Å². The minimum Gasteiger partial charge on any atom is -0.398 e. The van der Waals surface area contributed by atoms with Crippen LogP contribution < -0.4 is 5.73 Å². The first-order chi connectivity index (χ1) is 9.22. The van der Waals surface area contributed by atoms with Crippen LogP contribution in [0.25, 0.3) is 5.52 Å². The Balaban J connectivity index is 1.67. The topological polar surface area (TPSA) is 49.8 Å². The molecule has 3 heterocycles. The fourth-order valence-electron chi connectivity index (χ4n) is 2.57. The molecule has 0 aromatic carbocycles. The molecule has 102 valence electrons. The Hall–Kier alpha value is -1.59. The van der Waals surface area contributed by atoms with Crippen molar-refractivity contribution >= 4 is 11.2 Å². The third kappa shape index (κ3) is 2.72. The maximum atomic E-state index is 5.84. The van der Waals surface area contributed by atoms with Crippen LogP contribution in [0, 0.1) is 0 Å².